The summed E-state index contributed by atoms with van der Waals surface area (Å²) in [6.45, 7) is 4.23. The second-order valence-electron chi connectivity index (χ2n) is 3.86. The minimum atomic E-state index is 0.767. The number of ether oxygens (including phenoxy) is 1. The van der Waals surface area contributed by atoms with Gasteiger partial charge in [0.25, 0.3) is 0 Å². The number of nitrogens with one attached hydrogen (secondary N) is 1. The van der Waals surface area contributed by atoms with Gasteiger partial charge in [0.2, 0.25) is 0 Å². The first-order chi connectivity index (χ1) is 5.36. The molecule has 2 aliphatic rings. The molecule has 0 aliphatic carbocycles. The summed E-state index contributed by atoms with van der Waals surface area (Å²) >= 11 is 0. The molecule has 0 radical (unpaired) electrons. The molecule has 2 rings (SSSR count). The molecule has 2 fully saturated rings. The van der Waals surface area contributed by atoms with Crippen molar-refractivity contribution in [3.63, 3.8) is 0 Å². The summed E-state index contributed by atoms with van der Waals surface area (Å²) in [5.41, 5.74) is 0. The molecule has 0 amide bonds. The van der Waals surface area contributed by atoms with Crippen molar-refractivity contribution >= 4 is 0 Å². The third-order valence-electron chi connectivity index (χ3n) is 2.94. The summed E-state index contributed by atoms with van der Waals surface area (Å²) in [4.78, 5) is 0. The van der Waals surface area contributed by atoms with Crippen molar-refractivity contribution in [2.45, 2.75) is 38.3 Å². The molecule has 0 saturated carbocycles. The third-order valence-corrected chi connectivity index (χ3v) is 2.94. The van der Waals surface area contributed by atoms with Crippen LogP contribution in [0.5, 0.6) is 0 Å². The molecule has 11 heavy (non-hydrogen) atoms. The van der Waals surface area contributed by atoms with Crippen molar-refractivity contribution in [3.8, 4) is 0 Å². The Hall–Kier alpha value is -0.0800. The van der Waals surface area contributed by atoms with Gasteiger partial charge in [0.05, 0.1) is 0 Å². The molecule has 64 valence electrons. The topological polar surface area (TPSA) is 21.3 Å². The Morgan fingerprint density at radius 3 is 2.45 bits per heavy atom. The average Bonchev–Trinajstić information content (AvgIpc) is 2.01. The Labute approximate surface area is 68.3 Å². The van der Waals surface area contributed by atoms with Crippen LogP contribution in [0.1, 0.15) is 26.2 Å². The Balaban J connectivity index is 1.76. The molecule has 0 aromatic rings. The van der Waals surface area contributed by atoms with Crippen LogP contribution >= 0.6 is 0 Å². The first-order valence-corrected chi connectivity index (χ1v) is 4.70. The Morgan fingerprint density at radius 2 is 1.91 bits per heavy atom. The fraction of sp³-hybridized carbons (Fsp3) is 1.00. The Bertz CT molecular complexity index is 126. The van der Waals surface area contributed by atoms with E-state index >= 15 is 0 Å². The number of hydrogen-bond donors (Lipinski definition) is 1. The molecule has 2 saturated heterocycles. The van der Waals surface area contributed by atoms with Crippen LogP contribution in [0.25, 0.3) is 0 Å². The van der Waals surface area contributed by atoms with Crippen molar-refractivity contribution in [1.82, 2.24) is 5.32 Å². The van der Waals surface area contributed by atoms with Gasteiger partial charge in [-0.15, -0.1) is 0 Å². The zero-order valence-electron chi connectivity index (χ0n) is 7.18. The van der Waals surface area contributed by atoms with E-state index < -0.39 is 0 Å². The molecule has 2 heteroatoms. The minimum absolute atomic E-state index is 0.767. The SMILES string of the molecule is CC1CC(C2CCOCC2)N1. The van der Waals surface area contributed by atoms with Crippen LogP contribution in [0.4, 0.5) is 0 Å². The summed E-state index contributed by atoms with van der Waals surface area (Å²) in [6, 6.07) is 1.58. The van der Waals surface area contributed by atoms with Gasteiger partial charge < -0.3 is 10.1 Å². The van der Waals surface area contributed by atoms with Crippen LogP contribution in [0.3, 0.4) is 0 Å². The lowest BCUT2D eigenvalue weighted by atomic mass is 9.82. The largest absolute Gasteiger partial charge is 0.381 e. The van der Waals surface area contributed by atoms with E-state index in [0.717, 1.165) is 31.2 Å². The molecule has 0 bridgehead atoms. The zero-order chi connectivity index (χ0) is 7.68. The molecule has 0 spiro atoms. The molecular formula is C9H17NO. The summed E-state index contributed by atoms with van der Waals surface area (Å²) in [6.07, 6.45) is 3.92. The van der Waals surface area contributed by atoms with E-state index in [2.05, 4.69) is 12.2 Å². The van der Waals surface area contributed by atoms with Crippen LogP contribution in [-0.2, 0) is 4.74 Å². The highest BCUT2D eigenvalue weighted by Gasteiger charge is 2.32. The lowest BCUT2D eigenvalue weighted by Gasteiger charge is -2.41. The van der Waals surface area contributed by atoms with E-state index in [-0.39, 0.29) is 0 Å². The van der Waals surface area contributed by atoms with E-state index in [9.17, 15) is 0 Å². The fourth-order valence-corrected chi connectivity index (χ4v) is 2.17. The van der Waals surface area contributed by atoms with Crippen molar-refractivity contribution in [1.29, 1.82) is 0 Å². The molecular weight excluding hydrogens is 138 g/mol. The van der Waals surface area contributed by atoms with Crippen molar-refractivity contribution in [2.75, 3.05) is 13.2 Å². The molecule has 2 aliphatic heterocycles. The molecule has 0 aromatic heterocycles. The number of rotatable bonds is 1. The van der Waals surface area contributed by atoms with Gasteiger partial charge in [-0.2, -0.15) is 0 Å². The molecule has 2 unspecified atom stereocenters. The van der Waals surface area contributed by atoms with Crippen LogP contribution < -0.4 is 5.32 Å². The zero-order valence-corrected chi connectivity index (χ0v) is 7.18. The van der Waals surface area contributed by atoms with Gasteiger partial charge in [0, 0.05) is 25.3 Å². The van der Waals surface area contributed by atoms with Crippen LogP contribution in [-0.4, -0.2) is 25.3 Å². The van der Waals surface area contributed by atoms with Gasteiger partial charge >= 0.3 is 0 Å². The summed E-state index contributed by atoms with van der Waals surface area (Å²) < 4.78 is 5.32. The van der Waals surface area contributed by atoms with E-state index in [1.165, 1.54) is 19.3 Å². The van der Waals surface area contributed by atoms with E-state index in [1.807, 2.05) is 0 Å². The van der Waals surface area contributed by atoms with Crippen LogP contribution in [0.15, 0.2) is 0 Å². The van der Waals surface area contributed by atoms with Gasteiger partial charge in [0.1, 0.15) is 0 Å². The maximum atomic E-state index is 5.32. The normalized spacial score (nSPS) is 40.1. The quantitative estimate of drug-likeness (QED) is 0.613. The lowest BCUT2D eigenvalue weighted by Crippen LogP contribution is -2.55. The van der Waals surface area contributed by atoms with Crippen molar-refractivity contribution in [3.05, 3.63) is 0 Å². The van der Waals surface area contributed by atoms with E-state index in [4.69, 9.17) is 4.74 Å². The molecule has 1 N–H and O–H groups in total. The van der Waals surface area contributed by atoms with Crippen molar-refractivity contribution < 1.29 is 4.74 Å². The second kappa shape index (κ2) is 3.11. The standard InChI is InChI=1S/C9H17NO/c1-7-6-9(10-7)8-2-4-11-5-3-8/h7-10H,2-6H2,1H3. The Kier molecular flexibility index (Phi) is 2.14. The predicted molar refractivity (Wildman–Crippen MR) is 44.5 cm³/mol. The van der Waals surface area contributed by atoms with Crippen molar-refractivity contribution in [2.24, 2.45) is 5.92 Å². The summed E-state index contributed by atoms with van der Waals surface area (Å²) in [5.74, 6) is 0.903. The van der Waals surface area contributed by atoms with Gasteiger partial charge in [-0.1, -0.05) is 0 Å². The molecule has 0 aromatic carbocycles. The molecule has 2 nitrogen and oxygen atoms in total. The highest BCUT2D eigenvalue weighted by molar-refractivity contribution is 4.90. The predicted octanol–water partition coefficient (Wildman–Crippen LogP) is 1.16. The van der Waals surface area contributed by atoms with Crippen LogP contribution in [0, 0.1) is 5.92 Å². The maximum absolute atomic E-state index is 5.32. The first-order valence-electron chi connectivity index (χ1n) is 4.70. The van der Waals surface area contributed by atoms with Crippen LogP contribution in [0.2, 0.25) is 0 Å². The highest BCUT2D eigenvalue weighted by atomic mass is 16.5. The van der Waals surface area contributed by atoms with Gasteiger partial charge in [-0.3, -0.25) is 0 Å². The van der Waals surface area contributed by atoms with Gasteiger partial charge in [-0.25, -0.2) is 0 Å². The molecule has 2 heterocycles. The van der Waals surface area contributed by atoms with E-state index in [1.54, 1.807) is 0 Å². The average molecular weight is 155 g/mol. The summed E-state index contributed by atoms with van der Waals surface area (Å²) in [7, 11) is 0. The minimum Gasteiger partial charge on any atom is -0.381 e. The van der Waals surface area contributed by atoms with Gasteiger partial charge in [0.15, 0.2) is 0 Å². The molecule has 2 atom stereocenters. The summed E-state index contributed by atoms with van der Waals surface area (Å²) in [5, 5.41) is 3.56. The van der Waals surface area contributed by atoms with Gasteiger partial charge in [-0.05, 0) is 32.1 Å². The number of hydrogen-bond acceptors (Lipinski definition) is 2. The first kappa shape index (κ1) is 7.56. The second-order valence-corrected chi connectivity index (χ2v) is 3.86. The smallest absolute Gasteiger partial charge is 0.0469 e. The Morgan fingerprint density at radius 1 is 1.27 bits per heavy atom. The lowest BCUT2D eigenvalue weighted by molar-refractivity contribution is 0.0366. The highest BCUT2D eigenvalue weighted by Crippen LogP contribution is 2.26. The van der Waals surface area contributed by atoms with E-state index in [0.29, 0.717) is 0 Å². The monoisotopic (exact) mass is 155 g/mol. The fourth-order valence-electron chi connectivity index (χ4n) is 2.17. The maximum Gasteiger partial charge on any atom is 0.0469 e. The third kappa shape index (κ3) is 1.57.